The molecule has 1 aromatic carbocycles. The van der Waals surface area contributed by atoms with Crippen LogP contribution >= 0.6 is 22.7 Å². The quantitative estimate of drug-likeness (QED) is 0.602. The molecule has 0 bridgehead atoms. The number of nitrogens with one attached hydrogen (secondary N) is 1. The van der Waals surface area contributed by atoms with E-state index in [2.05, 4.69) is 24.1 Å². The molecule has 0 unspecified atom stereocenters. The van der Waals surface area contributed by atoms with Crippen LogP contribution in [0.3, 0.4) is 0 Å². The van der Waals surface area contributed by atoms with E-state index in [1.54, 1.807) is 11.3 Å². The van der Waals surface area contributed by atoms with Gasteiger partial charge >= 0.3 is 0 Å². The average molecular weight is 431 g/mol. The van der Waals surface area contributed by atoms with Crippen LogP contribution in [-0.2, 0) is 4.74 Å². The summed E-state index contributed by atoms with van der Waals surface area (Å²) in [5, 5.41) is 5.89. The van der Waals surface area contributed by atoms with Gasteiger partial charge in [0.25, 0.3) is 5.91 Å². The van der Waals surface area contributed by atoms with Gasteiger partial charge in [0.05, 0.1) is 24.1 Å². The Balaban J connectivity index is 1.77. The molecule has 3 heterocycles. The Kier molecular flexibility index (Phi) is 6.10. The first-order chi connectivity index (χ1) is 14.0. The predicted molar refractivity (Wildman–Crippen MR) is 117 cm³/mol. The smallest absolute Gasteiger partial charge is 0.266 e. The molecular weight excluding hydrogens is 407 g/mol. The second kappa shape index (κ2) is 8.75. The summed E-state index contributed by atoms with van der Waals surface area (Å²) in [6, 6.07) is 10.3. The van der Waals surface area contributed by atoms with Gasteiger partial charge in [0.2, 0.25) is 0 Å². The molecular formula is C22H23FN2O2S2. The number of amides is 1. The van der Waals surface area contributed by atoms with Gasteiger partial charge in [-0.25, -0.2) is 4.39 Å². The van der Waals surface area contributed by atoms with Gasteiger partial charge < -0.3 is 10.1 Å². The minimum Gasteiger partial charge on any atom is -0.379 e. The second-order valence-electron chi connectivity index (χ2n) is 7.06. The second-order valence-corrected chi connectivity index (χ2v) is 9.23. The number of ether oxygens (including phenoxy) is 1. The number of benzene rings is 1. The molecule has 0 spiro atoms. The largest absolute Gasteiger partial charge is 0.379 e. The molecule has 1 saturated heterocycles. The normalized spacial score (nSPS) is 16.0. The zero-order valence-electron chi connectivity index (χ0n) is 16.4. The van der Waals surface area contributed by atoms with Crippen LogP contribution in [0.5, 0.6) is 0 Å². The molecule has 1 aliphatic heterocycles. The zero-order valence-corrected chi connectivity index (χ0v) is 18.0. The summed E-state index contributed by atoms with van der Waals surface area (Å²) >= 11 is 3.02. The number of rotatable bonds is 5. The average Bonchev–Trinajstić information content (AvgIpc) is 3.35. The van der Waals surface area contributed by atoms with Crippen LogP contribution in [0.2, 0.25) is 0 Å². The molecule has 1 fully saturated rings. The van der Waals surface area contributed by atoms with Crippen LogP contribution in [0.1, 0.15) is 37.3 Å². The molecule has 4 rings (SSSR count). The number of thiophene rings is 2. The number of hydrogen-bond acceptors (Lipinski definition) is 5. The van der Waals surface area contributed by atoms with Crippen LogP contribution in [0.25, 0.3) is 0 Å². The lowest BCUT2D eigenvalue weighted by Crippen LogP contribution is -2.39. The molecule has 0 saturated carbocycles. The number of morpholine rings is 1. The molecule has 4 nitrogen and oxygen atoms in total. The number of hydrogen-bond donors (Lipinski definition) is 1. The zero-order chi connectivity index (χ0) is 20.4. The van der Waals surface area contributed by atoms with Crippen molar-refractivity contribution in [1.29, 1.82) is 0 Å². The first-order valence-corrected chi connectivity index (χ1v) is 11.3. The molecule has 0 aliphatic carbocycles. The highest BCUT2D eigenvalue weighted by Crippen LogP contribution is 2.42. The minimum atomic E-state index is -0.251. The topological polar surface area (TPSA) is 41.6 Å². The van der Waals surface area contributed by atoms with Gasteiger partial charge in [0.15, 0.2) is 0 Å². The summed E-state index contributed by atoms with van der Waals surface area (Å²) in [7, 11) is 0. The summed E-state index contributed by atoms with van der Waals surface area (Å²) in [5.74, 6) is -0.346. The molecule has 3 aromatic rings. The Morgan fingerprint density at radius 1 is 1.17 bits per heavy atom. The molecule has 1 atom stereocenters. The van der Waals surface area contributed by atoms with E-state index in [1.165, 1.54) is 28.3 Å². The van der Waals surface area contributed by atoms with Gasteiger partial charge in [-0.2, -0.15) is 0 Å². The van der Waals surface area contributed by atoms with Gasteiger partial charge in [-0.15, -0.1) is 22.7 Å². The fourth-order valence-corrected chi connectivity index (χ4v) is 5.39. The monoisotopic (exact) mass is 430 g/mol. The van der Waals surface area contributed by atoms with Gasteiger partial charge in [0, 0.05) is 23.5 Å². The van der Waals surface area contributed by atoms with Crippen molar-refractivity contribution >= 4 is 33.6 Å². The van der Waals surface area contributed by atoms with Gasteiger partial charge in [-0.05, 0) is 48.6 Å². The lowest BCUT2D eigenvalue weighted by Gasteiger charge is -2.35. The van der Waals surface area contributed by atoms with Crippen LogP contribution in [0, 0.1) is 19.7 Å². The fourth-order valence-electron chi connectivity index (χ4n) is 3.68. The van der Waals surface area contributed by atoms with Crippen molar-refractivity contribution in [3.8, 4) is 0 Å². The Bertz CT molecular complexity index is 977. The summed E-state index contributed by atoms with van der Waals surface area (Å²) in [5.41, 5.74) is 3.27. The van der Waals surface area contributed by atoms with Gasteiger partial charge in [0.1, 0.15) is 10.8 Å². The third-order valence-corrected chi connectivity index (χ3v) is 7.28. The standard InChI is InChI=1S/C22H23FN2O2S2/c1-14-15(2)29-22(24-21(26)18-4-3-13-28-18)19(14)20(25-9-11-27-12-10-25)16-5-7-17(23)8-6-16/h3-8,13,20H,9-12H2,1-2H3,(H,24,26)/t20-/m0/s1. The van der Waals surface area contributed by atoms with E-state index in [9.17, 15) is 9.18 Å². The number of carbonyl (C=O) groups is 1. The van der Waals surface area contributed by atoms with Crippen molar-refractivity contribution in [2.24, 2.45) is 0 Å². The number of aryl methyl sites for hydroxylation is 1. The van der Waals surface area contributed by atoms with Crippen molar-refractivity contribution in [2.45, 2.75) is 19.9 Å². The van der Waals surface area contributed by atoms with Crippen molar-refractivity contribution in [3.63, 3.8) is 0 Å². The van der Waals surface area contributed by atoms with E-state index >= 15 is 0 Å². The fraction of sp³-hybridized carbons (Fsp3) is 0.318. The summed E-state index contributed by atoms with van der Waals surface area (Å²) < 4.78 is 19.2. The van der Waals surface area contributed by atoms with E-state index in [0.717, 1.165) is 34.8 Å². The molecule has 1 amide bonds. The first kappa shape index (κ1) is 20.2. The van der Waals surface area contributed by atoms with E-state index in [4.69, 9.17) is 4.74 Å². The number of carbonyl (C=O) groups excluding carboxylic acids is 1. The molecule has 1 N–H and O–H groups in total. The molecule has 29 heavy (non-hydrogen) atoms. The molecule has 152 valence electrons. The molecule has 2 aromatic heterocycles. The Labute approximate surface area is 177 Å². The van der Waals surface area contributed by atoms with Crippen LogP contribution in [0.4, 0.5) is 9.39 Å². The van der Waals surface area contributed by atoms with Gasteiger partial charge in [-0.3, -0.25) is 9.69 Å². The third-order valence-electron chi connectivity index (χ3n) is 5.27. The van der Waals surface area contributed by atoms with E-state index in [-0.39, 0.29) is 17.8 Å². The van der Waals surface area contributed by atoms with Crippen molar-refractivity contribution < 1.29 is 13.9 Å². The molecule has 1 aliphatic rings. The highest BCUT2D eigenvalue weighted by Gasteiger charge is 2.30. The van der Waals surface area contributed by atoms with E-state index in [0.29, 0.717) is 18.1 Å². The Hall–Kier alpha value is -2.06. The molecule has 0 radical (unpaired) electrons. The third kappa shape index (κ3) is 4.28. The van der Waals surface area contributed by atoms with E-state index in [1.807, 2.05) is 29.6 Å². The maximum absolute atomic E-state index is 13.6. The van der Waals surface area contributed by atoms with Gasteiger partial charge in [-0.1, -0.05) is 18.2 Å². The van der Waals surface area contributed by atoms with E-state index < -0.39 is 0 Å². The number of anilines is 1. The number of halogens is 1. The van der Waals surface area contributed by atoms with Crippen molar-refractivity contribution in [3.05, 3.63) is 74.0 Å². The highest BCUT2D eigenvalue weighted by molar-refractivity contribution is 7.17. The predicted octanol–water partition coefficient (Wildman–Crippen LogP) is 5.24. The summed E-state index contributed by atoms with van der Waals surface area (Å²) in [6.45, 7) is 7.07. The number of nitrogens with zero attached hydrogens (tertiary/aromatic N) is 1. The van der Waals surface area contributed by atoms with Crippen molar-refractivity contribution in [2.75, 3.05) is 31.6 Å². The summed E-state index contributed by atoms with van der Waals surface area (Å²) in [6.07, 6.45) is 0. The first-order valence-electron chi connectivity index (χ1n) is 9.56. The van der Waals surface area contributed by atoms with Crippen molar-refractivity contribution in [1.82, 2.24) is 4.90 Å². The maximum atomic E-state index is 13.6. The SMILES string of the molecule is Cc1sc(NC(=O)c2cccs2)c([C@H](c2ccc(F)cc2)N2CCOCC2)c1C. The van der Waals surface area contributed by atoms with Crippen LogP contribution in [0.15, 0.2) is 41.8 Å². The Morgan fingerprint density at radius 3 is 2.55 bits per heavy atom. The molecule has 7 heteroatoms. The lowest BCUT2D eigenvalue weighted by atomic mass is 9.94. The Morgan fingerprint density at radius 2 is 1.90 bits per heavy atom. The maximum Gasteiger partial charge on any atom is 0.266 e. The van der Waals surface area contributed by atoms with Crippen LogP contribution in [-0.4, -0.2) is 37.1 Å². The van der Waals surface area contributed by atoms with Crippen LogP contribution < -0.4 is 5.32 Å². The minimum absolute atomic E-state index is 0.0666. The highest BCUT2D eigenvalue weighted by atomic mass is 32.1. The summed E-state index contributed by atoms with van der Waals surface area (Å²) in [4.78, 5) is 17.0. The lowest BCUT2D eigenvalue weighted by molar-refractivity contribution is 0.0240.